The van der Waals surface area contributed by atoms with Gasteiger partial charge < -0.3 is 0 Å². The van der Waals surface area contributed by atoms with E-state index in [1.165, 1.54) is 84.7 Å². The Hall–Kier alpha value is -3.19. The van der Waals surface area contributed by atoms with E-state index in [4.69, 9.17) is 0 Å². The Morgan fingerprint density at radius 3 is 1.32 bits per heavy atom. The largest absolute Gasteiger partial charge is 0.206 e. The zero-order valence-electron chi connectivity index (χ0n) is 25.5. The lowest BCUT2D eigenvalue weighted by molar-refractivity contribution is 0.347. The summed E-state index contributed by atoms with van der Waals surface area (Å²) in [4.78, 5) is 0. The van der Waals surface area contributed by atoms with Crippen LogP contribution in [0.15, 0.2) is 91.0 Å². The van der Waals surface area contributed by atoms with E-state index in [-0.39, 0.29) is 5.82 Å². The summed E-state index contributed by atoms with van der Waals surface area (Å²) >= 11 is 0. The van der Waals surface area contributed by atoms with E-state index in [0.717, 1.165) is 23.3 Å². The molecule has 0 nitrogen and oxygen atoms in total. The summed E-state index contributed by atoms with van der Waals surface area (Å²) in [6, 6.07) is 32.0. The van der Waals surface area contributed by atoms with Crippen LogP contribution < -0.4 is 0 Å². The fraction of sp³-hybridized carbons (Fsp3) is 0.400. The molecule has 0 atom stereocenters. The van der Waals surface area contributed by atoms with E-state index in [2.05, 4.69) is 75.4 Å². The minimum Gasteiger partial charge on any atom is -0.206 e. The van der Waals surface area contributed by atoms with Gasteiger partial charge in [0.2, 0.25) is 0 Å². The Balaban J connectivity index is 0.000000165. The molecule has 2 aliphatic rings. The van der Waals surface area contributed by atoms with Crippen LogP contribution in [0.4, 0.5) is 4.39 Å². The van der Waals surface area contributed by atoms with Gasteiger partial charge in [-0.2, -0.15) is 0 Å². The highest BCUT2D eigenvalue weighted by Crippen LogP contribution is 2.38. The first-order valence-electron chi connectivity index (χ1n) is 15.9. The molecule has 2 fully saturated rings. The maximum absolute atomic E-state index is 14.5. The highest BCUT2D eigenvalue weighted by molar-refractivity contribution is 5.65. The molecule has 2 saturated carbocycles. The highest BCUT2D eigenvalue weighted by atomic mass is 19.1. The lowest BCUT2D eigenvalue weighted by Crippen LogP contribution is -2.11. The molecule has 41 heavy (non-hydrogen) atoms. The normalized spacial score (nSPS) is 22.5. The minimum atomic E-state index is -0.0880. The zero-order valence-corrected chi connectivity index (χ0v) is 25.5. The molecule has 4 aromatic carbocycles. The fourth-order valence-corrected chi connectivity index (χ4v) is 6.63. The summed E-state index contributed by atoms with van der Waals surface area (Å²) < 4.78 is 14.5. The predicted molar refractivity (Wildman–Crippen MR) is 174 cm³/mol. The molecule has 4 aromatic rings. The topological polar surface area (TPSA) is 0 Å². The molecule has 2 aliphatic carbocycles. The predicted octanol–water partition coefficient (Wildman–Crippen LogP) is 12.1. The Kier molecular flexibility index (Phi) is 9.76. The van der Waals surface area contributed by atoms with Crippen molar-refractivity contribution in [1.29, 1.82) is 0 Å². The molecule has 0 radical (unpaired) electrons. The Morgan fingerprint density at radius 2 is 0.854 bits per heavy atom. The van der Waals surface area contributed by atoms with Crippen LogP contribution in [0.2, 0.25) is 0 Å². The second-order valence-corrected chi connectivity index (χ2v) is 13.0. The molecular formula is C40H47F. The lowest BCUT2D eigenvalue weighted by atomic mass is 9.79. The molecule has 214 valence electrons. The van der Waals surface area contributed by atoms with Crippen LogP contribution in [0.1, 0.15) is 99.3 Å². The molecular weight excluding hydrogens is 499 g/mol. The van der Waals surface area contributed by atoms with E-state index in [1.807, 2.05) is 37.3 Å². The molecule has 0 aliphatic heterocycles. The van der Waals surface area contributed by atoms with Crippen molar-refractivity contribution in [3.05, 3.63) is 119 Å². The van der Waals surface area contributed by atoms with Crippen molar-refractivity contribution in [2.75, 3.05) is 0 Å². The SMILES string of the molecule is Cc1ccc(-c2ccc(C3CCC(C)CC3)cc2)cc1.Cc1ccc(-c2ccc(C3CCC(C)CC3)cc2F)cc1. The van der Waals surface area contributed by atoms with Crippen molar-refractivity contribution in [2.45, 2.75) is 90.9 Å². The van der Waals surface area contributed by atoms with Gasteiger partial charge in [-0.05, 0) is 97.1 Å². The molecule has 0 amide bonds. The van der Waals surface area contributed by atoms with Crippen molar-refractivity contribution in [2.24, 2.45) is 11.8 Å². The number of aryl methyl sites for hydroxylation is 2. The Bertz CT molecular complexity index is 1360. The third-order valence-electron chi connectivity index (χ3n) is 9.63. The van der Waals surface area contributed by atoms with Gasteiger partial charge in [0.25, 0.3) is 0 Å². The summed E-state index contributed by atoms with van der Waals surface area (Å²) in [5, 5.41) is 0. The molecule has 0 heterocycles. The monoisotopic (exact) mass is 546 g/mol. The van der Waals surface area contributed by atoms with Crippen molar-refractivity contribution in [3.63, 3.8) is 0 Å². The summed E-state index contributed by atoms with van der Waals surface area (Å²) in [7, 11) is 0. The maximum atomic E-state index is 14.5. The van der Waals surface area contributed by atoms with E-state index in [9.17, 15) is 4.39 Å². The summed E-state index contributed by atoms with van der Waals surface area (Å²) in [5.41, 5.74) is 9.55. The van der Waals surface area contributed by atoms with Crippen molar-refractivity contribution in [1.82, 2.24) is 0 Å². The van der Waals surface area contributed by atoms with Crippen molar-refractivity contribution < 1.29 is 4.39 Å². The molecule has 0 N–H and O–H groups in total. The zero-order chi connectivity index (χ0) is 28.8. The average Bonchev–Trinajstić information content (AvgIpc) is 2.99. The van der Waals surface area contributed by atoms with Crippen LogP contribution in [-0.2, 0) is 0 Å². The number of hydrogen-bond donors (Lipinski definition) is 0. The Morgan fingerprint density at radius 1 is 0.463 bits per heavy atom. The van der Waals surface area contributed by atoms with E-state index in [1.54, 1.807) is 6.07 Å². The smallest absolute Gasteiger partial charge is 0.131 e. The molecule has 6 rings (SSSR count). The standard InChI is InChI=1S/C20H23F.C20H24/c1-14-3-7-16(8-4-14)18-11-12-19(20(21)13-18)17-9-5-15(2)6-10-17;1-15-3-7-17(8-4-15)19-11-13-20(14-12-19)18-9-5-16(2)6-10-18/h5-6,9-14,16H,3-4,7-8H2,1-2H3;3-4,7-8,11-14,16,18H,5-6,9-10H2,1-2H3. The minimum absolute atomic E-state index is 0.0880. The number of hydrogen-bond acceptors (Lipinski definition) is 0. The molecule has 0 bridgehead atoms. The second-order valence-electron chi connectivity index (χ2n) is 13.0. The third-order valence-corrected chi connectivity index (χ3v) is 9.63. The maximum Gasteiger partial charge on any atom is 0.131 e. The van der Waals surface area contributed by atoms with E-state index >= 15 is 0 Å². The second kappa shape index (κ2) is 13.6. The molecule has 0 saturated heterocycles. The van der Waals surface area contributed by atoms with Crippen LogP contribution in [0, 0.1) is 31.5 Å². The van der Waals surface area contributed by atoms with Gasteiger partial charge in [0, 0.05) is 5.56 Å². The van der Waals surface area contributed by atoms with Gasteiger partial charge in [-0.1, -0.05) is 136 Å². The van der Waals surface area contributed by atoms with Crippen LogP contribution in [0.25, 0.3) is 22.3 Å². The van der Waals surface area contributed by atoms with Gasteiger partial charge in [0.05, 0.1) is 0 Å². The summed E-state index contributed by atoms with van der Waals surface area (Å²) in [5.74, 6) is 3.01. The number of benzene rings is 4. The van der Waals surface area contributed by atoms with Crippen LogP contribution in [0.3, 0.4) is 0 Å². The summed E-state index contributed by atoms with van der Waals surface area (Å²) in [6.45, 7) is 8.89. The summed E-state index contributed by atoms with van der Waals surface area (Å²) in [6.07, 6.45) is 10.5. The van der Waals surface area contributed by atoms with Crippen LogP contribution >= 0.6 is 0 Å². The lowest BCUT2D eigenvalue weighted by Gasteiger charge is -2.26. The quantitative estimate of drug-likeness (QED) is 0.239. The number of rotatable bonds is 4. The first kappa shape index (κ1) is 29.3. The van der Waals surface area contributed by atoms with Crippen molar-refractivity contribution in [3.8, 4) is 22.3 Å². The van der Waals surface area contributed by atoms with Gasteiger partial charge in [0.15, 0.2) is 0 Å². The highest BCUT2D eigenvalue weighted by Gasteiger charge is 2.21. The molecule has 0 aromatic heterocycles. The van der Waals surface area contributed by atoms with Gasteiger partial charge >= 0.3 is 0 Å². The van der Waals surface area contributed by atoms with E-state index in [0.29, 0.717) is 11.5 Å². The van der Waals surface area contributed by atoms with Crippen molar-refractivity contribution >= 4 is 0 Å². The van der Waals surface area contributed by atoms with Crippen LogP contribution in [-0.4, -0.2) is 0 Å². The molecule has 0 unspecified atom stereocenters. The van der Waals surface area contributed by atoms with Gasteiger partial charge in [-0.15, -0.1) is 0 Å². The first-order valence-corrected chi connectivity index (χ1v) is 15.9. The number of halogens is 1. The Labute approximate surface area is 248 Å². The van der Waals surface area contributed by atoms with Gasteiger partial charge in [-0.25, -0.2) is 4.39 Å². The molecule has 1 heteroatoms. The average molecular weight is 547 g/mol. The molecule has 0 spiro atoms. The van der Waals surface area contributed by atoms with Gasteiger partial charge in [-0.3, -0.25) is 0 Å². The third kappa shape index (κ3) is 7.76. The fourth-order valence-electron chi connectivity index (χ4n) is 6.63. The van der Waals surface area contributed by atoms with Gasteiger partial charge in [0.1, 0.15) is 5.82 Å². The first-order chi connectivity index (χ1) is 19.9. The van der Waals surface area contributed by atoms with E-state index < -0.39 is 0 Å². The van der Waals surface area contributed by atoms with Crippen LogP contribution in [0.5, 0.6) is 0 Å².